The van der Waals surface area contributed by atoms with Crippen molar-refractivity contribution in [1.82, 2.24) is 0 Å². The molecule has 0 aliphatic rings. The van der Waals surface area contributed by atoms with Gasteiger partial charge in [0.1, 0.15) is 0 Å². The topological polar surface area (TPSA) is 0 Å². The van der Waals surface area contributed by atoms with E-state index in [1.165, 1.54) is 10.0 Å². The lowest BCUT2D eigenvalue weighted by atomic mass is 10.2. The van der Waals surface area contributed by atoms with Crippen molar-refractivity contribution in [3.05, 3.63) is 34.3 Å². The van der Waals surface area contributed by atoms with Gasteiger partial charge >= 0.3 is 0 Å². The highest BCUT2D eigenvalue weighted by Crippen LogP contribution is 2.13. The number of hydrogen-bond acceptors (Lipinski definition) is 0. The van der Waals surface area contributed by atoms with Crippen molar-refractivity contribution < 1.29 is 0 Å². The highest BCUT2D eigenvalue weighted by molar-refractivity contribution is 9.10. The zero-order valence-corrected chi connectivity index (χ0v) is 8.27. The van der Waals surface area contributed by atoms with E-state index in [4.69, 9.17) is 0 Å². The van der Waals surface area contributed by atoms with Crippen LogP contribution in [-0.4, -0.2) is 0 Å². The second-order valence-electron chi connectivity index (χ2n) is 1.75. The Morgan fingerprint density at radius 2 is 1.60 bits per heavy atom. The van der Waals surface area contributed by atoms with Gasteiger partial charge < -0.3 is 0 Å². The summed E-state index contributed by atoms with van der Waals surface area (Å²) in [6.45, 7) is 6.07. The van der Waals surface area contributed by atoms with Gasteiger partial charge in [-0.15, -0.1) is 0 Å². The van der Waals surface area contributed by atoms with Crippen molar-refractivity contribution in [1.29, 1.82) is 0 Å². The van der Waals surface area contributed by atoms with E-state index in [1.54, 1.807) is 0 Å². The van der Waals surface area contributed by atoms with Gasteiger partial charge in [0.05, 0.1) is 0 Å². The summed E-state index contributed by atoms with van der Waals surface area (Å²) in [5.41, 5.74) is 1.28. The molecule has 0 aliphatic carbocycles. The Bertz CT molecular complexity index is 161. The largest absolute Gasteiger partial charge is 0.0683 e. The lowest BCUT2D eigenvalue weighted by molar-refractivity contribution is 1.43. The fourth-order valence-electron chi connectivity index (χ4n) is 0.551. The van der Waals surface area contributed by atoms with Gasteiger partial charge in [0, 0.05) is 4.47 Å². The van der Waals surface area contributed by atoms with Crippen LogP contribution >= 0.6 is 15.9 Å². The van der Waals surface area contributed by atoms with Gasteiger partial charge in [-0.2, -0.15) is 0 Å². The Hall–Kier alpha value is -0.300. The molecule has 0 atom stereocenters. The minimum Gasteiger partial charge on any atom is -0.0683 e. The third kappa shape index (κ3) is 3.02. The second kappa shape index (κ2) is 5.48. The molecule has 0 radical (unpaired) electrons. The molecule has 56 valence electrons. The zero-order valence-electron chi connectivity index (χ0n) is 6.69. The number of benzene rings is 1. The lowest BCUT2D eigenvalue weighted by Crippen LogP contribution is -1.69. The van der Waals surface area contributed by atoms with E-state index >= 15 is 0 Å². The van der Waals surface area contributed by atoms with E-state index < -0.39 is 0 Å². The molecule has 0 saturated heterocycles. The van der Waals surface area contributed by atoms with Crippen LogP contribution in [0.1, 0.15) is 19.4 Å². The van der Waals surface area contributed by atoms with Crippen molar-refractivity contribution in [3.63, 3.8) is 0 Å². The zero-order chi connectivity index (χ0) is 7.98. The van der Waals surface area contributed by atoms with Crippen LogP contribution in [0.15, 0.2) is 28.7 Å². The predicted octanol–water partition coefficient (Wildman–Crippen LogP) is 3.78. The maximum atomic E-state index is 3.40. The van der Waals surface area contributed by atoms with Crippen LogP contribution in [-0.2, 0) is 0 Å². The highest BCUT2D eigenvalue weighted by atomic mass is 79.9. The average molecular weight is 201 g/mol. The number of aryl methyl sites for hydroxylation is 1. The van der Waals surface area contributed by atoms with Gasteiger partial charge in [0.25, 0.3) is 0 Å². The molecule has 0 saturated carbocycles. The quantitative estimate of drug-likeness (QED) is 0.599. The first-order valence-corrected chi connectivity index (χ1v) is 4.31. The molecule has 0 aromatic heterocycles. The fraction of sp³-hybridized carbons (Fsp3) is 0.333. The summed E-state index contributed by atoms with van der Waals surface area (Å²) >= 11 is 3.40. The second-order valence-corrected chi connectivity index (χ2v) is 2.60. The third-order valence-electron chi connectivity index (χ3n) is 1.08. The van der Waals surface area contributed by atoms with Gasteiger partial charge in [-0.05, 0) is 18.6 Å². The molecule has 0 spiro atoms. The molecule has 1 aromatic rings. The standard InChI is InChI=1S/C7H7Br.C2H6/c1-6-4-2-3-5-7(6)8;1-2/h2-5H,1H3;1-2H3. The Kier molecular flexibility index (Phi) is 5.32. The maximum absolute atomic E-state index is 3.40. The van der Waals surface area contributed by atoms with E-state index in [2.05, 4.69) is 28.9 Å². The van der Waals surface area contributed by atoms with Crippen LogP contribution in [0.25, 0.3) is 0 Å². The molecule has 0 aliphatic heterocycles. The van der Waals surface area contributed by atoms with Gasteiger partial charge in [-0.25, -0.2) is 0 Å². The van der Waals surface area contributed by atoms with Gasteiger partial charge in [0.15, 0.2) is 0 Å². The number of hydrogen-bond donors (Lipinski definition) is 0. The van der Waals surface area contributed by atoms with Crippen molar-refractivity contribution in [3.8, 4) is 0 Å². The van der Waals surface area contributed by atoms with E-state index in [1.807, 2.05) is 32.0 Å². The summed E-state index contributed by atoms with van der Waals surface area (Å²) in [6, 6.07) is 8.15. The molecular weight excluding hydrogens is 188 g/mol. The molecule has 0 bridgehead atoms. The van der Waals surface area contributed by atoms with Crippen molar-refractivity contribution in [2.45, 2.75) is 20.8 Å². The number of halogens is 1. The third-order valence-corrected chi connectivity index (χ3v) is 1.97. The van der Waals surface area contributed by atoms with E-state index in [0.29, 0.717) is 0 Å². The summed E-state index contributed by atoms with van der Waals surface area (Å²) < 4.78 is 1.18. The molecule has 1 rings (SSSR count). The Morgan fingerprint density at radius 3 is 1.90 bits per heavy atom. The van der Waals surface area contributed by atoms with Gasteiger partial charge in [-0.3, -0.25) is 0 Å². The summed E-state index contributed by atoms with van der Waals surface area (Å²) in [4.78, 5) is 0. The fourth-order valence-corrected chi connectivity index (χ4v) is 0.836. The molecule has 0 unspecified atom stereocenters. The monoisotopic (exact) mass is 200 g/mol. The predicted molar refractivity (Wildman–Crippen MR) is 50.2 cm³/mol. The SMILES string of the molecule is CC.Cc1ccccc1Br. The first-order chi connectivity index (χ1) is 4.80. The molecule has 1 aromatic carbocycles. The van der Waals surface area contributed by atoms with Crippen molar-refractivity contribution >= 4 is 15.9 Å². The summed E-state index contributed by atoms with van der Waals surface area (Å²) in [7, 11) is 0. The van der Waals surface area contributed by atoms with Gasteiger partial charge in [-0.1, -0.05) is 48.0 Å². The van der Waals surface area contributed by atoms with Crippen LogP contribution in [0.3, 0.4) is 0 Å². The van der Waals surface area contributed by atoms with E-state index in [-0.39, 0.29) is 0 Å². The average Bonchev–Trinajstić information content (AvgIpc) is 2.00. The first-order valence-electron chi connectivity index (χ1n) is 3.52. The molecule has 1 heteroatoms. The molecule has 0 heterocycles. The first kappa shape index (κ1) is 9.70. The van der Waals surface area contributed by atoms with Crippen LogP contribution in [0.2, 0.25) is 0 Å². The van der Waals surface area contributed by atoms with Crippen LogP contribution in [0, 0.1) is 6.92 Å². The summed E-state index contributed by atoms with van der Waals surface area (Å²) in [5.74, 6) is 0. The normalized spacial score (nSPS) is 8.00. The Labute approximate surface area is 71.4 Å². The molecule has 0 N–H and O–H groups in total. The molecular formula is C9H13Br. The van der Waals surface area contributed by atoms with Crippen LogP contribution in [0.5, 0.6) is 0 Å². The molecule has 0 fully saturated rings. The van der Waals surface area contributed by atoms with E-state index in [0.717, 1.165) is 0 Å². The lowest BCUT2D eigenvalue weighted by Gasteiger charge is -1.91. The Morgan fingerprint density at radius 1 is 1.10 bits per heavy atom. The molecule has 0 nitrogen and oxygen atoms in total. The van der Waals surface area contributed by atoms with Crippen molar-refractivity contribution in [2.24, 2.45) is 0 Å². The van der Waals surface area contributed by atoms with Crippen LogP contribution < -0.4 is 0 Å². The molecule has 0 amide bonds. The smallest absolute Gasteiger partial charge is 0.0204 e. The summed E-state index contributed by atoms with van der Waals surface area (Å²) in [6.07, 6.45) is 0. The highest BCUT2D eigenvalue weighted by Gasteiger charge is 1.86. The van der Waals surface area contributed by atoms with Crippen molar-refractivity contribution in [2.75, 3.05) is 0 Å². The minimum absolute atomic E-state index is 1.18. The number of rotatable bonds is 0. The van der Waals surface area contributed by atoms with Crippen LogP contribution in [0.4, 0.5) is 0 Å². The van der Waals surface area contributed by atoms with E-state index in [9.17, 15) is 0 Å². The Balaban J connectivity index is 0.000000371. The minimum atomic E-state index is 1.18. The molecule has 10 heavy (non-hydrogen) atoms. The summed E-state index contributed by atoms with van der Waals surface area (Å²) in [5, 5.41) is 0. The van der Waals surface area contributed by atoms with Gasteiger partial charge in [0.2, 0.25) is 0 Å². The maximum Gasteiger partial charge on any atom is 0.0204 e.